The molecule has 0 amide bonds. The molecule has 3 heteroatoms. The average Bonchev–Trinajstić information content (AvgIpc) is 2.11. The summed E-state index contributed by atoms with van der Waals surface area (Å²) < 4.78 is 1.64. The molecule has 0 N–H and O–H groups in total. The number of hydrogen-bond donors (Lipinski definition) is 0. The summed E-state index contributed by atoms with van der Waals surface area (Å²) in [5, 5.41) is 0. The Hall–Kier alpha value is -0.370. The molecule has 2 nitrogen and oxygen atoms in total. The highest BCUT2D eigenvalue weighted by Crippen LogP contribution is 2.19. The molecule has 0 radical (unpaired) electrons. The quantitative estimate of drug-likeness (QED) is 0.500. The van der Waals surface area contributed by atoms with Crippen molar-refractivity contribution in [2.24, 2.45) is 0 Å². The van der Waals surface area contributed by atoms with Crippen molar-refractivity contribution in [3.05, 3.63) is 12.4 Å². The van der Waals surface area contributed by atoms with E-state index in [1.807, 2.05) is 12.4 Å². The minimum absolute atomic E-state index is 0.181. The van der Waals surface area contributed by atoms with E-state index in [0.717, 1.165) is 6.67 Å². The Kier molecular flexibility index (Phi) is 1.82. The SMILES string of the molecule is CC(C)(C)N1C=CN(Cl)C1. The van der Waals surface area contributed by atoms with Crippen LogP contribution in [0.2, 0.25) is 0 Å². The van der Waals surface area contributed by atoms with Crippen molar-refractivity contribution in [3.8, 4) is 0 Å². The molecule has 0 bridgehead atoms. The second-order valence-electron chi connectivity index (χ2n) is 3.48. The molecule has 0 atom stereocenters. The van der Waals surface area contributed by atoms with Crippen molar-refractivity contribution >= 4 is 11.8 Å². The van der Waals surface area contributed by atoms with Crippen molar-refractivity contribution < 1.29 is 0 Å². The van der Waals surface area contributed by atoms with Crippen LogP contribution in [0.25, 0.3) is 0 Å². The summed E-state index contributed by atoms with van der Waals surface area (Å²) >= 11 is 5.72. The standard InChI is InChI=1S/C7H13ClN2/c1-7(2,3)9-4-5-10(8)6-9/h4-5H,6H2,1-3H3. The number of rotatable bonds is 0. The molecule has 0 aliphatic carbocycles. The molecule has 0 unspecified atom stereocenters. The molecule has 1 rings (SSSR count). The second kappa shape index (κ2) is 2.35. The molecule has 0 saturated heterocycles. The molecule has 0 saturated carbocycles. The molecule has 1 aliphatic heterocycles. The van der Waals surface area contributed by atoms with Crippen molar-refractivity contribution in [2.45, 2.75) is 26.3 Å². The fraction of sp³-hybridized carbons (Fsp3) is 0.714. The van der Waals surface area contributed by atoms with Crippen LogP contribution in [0.15, 0.2) is 12.4 Å². The van der Waals surface area contributed by atoms with Crippen molar-refractivity contribution in [2.75, 3.05) is 6.67 Å². The van der Waals surface area contributed by atoms with E-state index in [9.17, 15) is 0 Å². The number of nitrogens with zero attached hydrogens (tertiary/aromatic N) is 2. The Morgan fingerprint density at radius 2 is 1.90 bits per heavy atom. The van der Waals surface area contributed by atoms with E-state index in [2.05, 4.69) is 25.7 Å². The van der Waals surface area contributed by atoms with Gasteiger partial charge >= 0.3 is 0 Å². The second-order valence-corrected chi connectivity index (χ2v) is 3.91. The van der Waals surface area contributed by atoms with Crippen molar-refractivity contribution in [1.82, 2.24) is 9.32 Å². The minimum Gasteiger partial charge on any atom is -0.353 e. The first-order chi connectivity index (χ1) is 4.50. The van der Waals surface area contributed by atoms with Crippen LogP contribution in [-0.2, 0) is 0 Å². The molecule has 0 aromatic heterocycles. The van der Waals surface area contributed by atoms with Gasteiger partial charge in [0.25, 0.3) is 0 Å². The summed E-state index contributed by atoms with van der Waals surface area (Å²) in [5.41, 5.74) is 0.181. The first kappa shape index (κ1) is 7.73. The Bertz CT molecular complexity index is 148. The van der Waals surface area contributed by atoms with Crippen LogP contribution in [0.5, 0.6) is 0 Å². The van der Waals surface area contributed by atoms with Crippen LogP contribution in [0.1, 0.15) is 20.8 Å². The Labute approximate surface area is 67.2 Å². The van der Waals surface area contributed by atoms with Gasteiger partial charge in [-0.3, -0.25) is 4.42 Å². The summed E-state index contributed by atoms with van der Waals surface area (Å²) in [4.78, 5) is 2.18. The normalized spacial score (nSPS) is 18.8. The molecular formula is C7H13ClN2. The molecule has 0 spiro atoms. The molecule has 58 valence electrons. The lowest BCUT2D eigenvalue weighted by Crippen LogP contribution is -2.37. The first-order valence-electron chi connectivity index (χ1n) is 3.37. The maximum atomic E-state index is 5.72. The van der Waals surface area contributed by atoms with Crippen LogP contribution in [-0.4, -0.2) is 21.5 Å². The lowest BCUT2D eigenvalue weighted by atomic mass is 10.1. The molecule has 10 heavy (non-hydrogen) atoms. The Morgan fingerprint density at radius 1 is 1.30 bits per heavy atom. The van der Waals surface area contributed by atoms with Gasteiger partial charge in [-0.15, -0.1) is 0 Å². The van der Waals surface area contributed by atoms with E-state index in [4.69, 9.17) is 11.8 Å². The first-order valence-corrected chi connectivity index (χ1v) is 3.71. The largest absolute Gasteiger partial charge is 0.353 e. The highest BCUT2D eigenvalue weighted by molar-refractivity contribution is 6.14. The van der Waals surface area contributed by atoms with Crippen LogP contribution in [0.4, 0.5) is 0 Å². The summed E-state index contributed by atoms with van der Waals surface area (Å²) in [5.74, 6) is 0. The predicted octanol–water partition coefficient (Wildman–Crippen LogP) is 1.98. The molecule has 1 heterocycles. The van der Waals surface area contributed by atoms with Crippen LogP contribution in [0, 0.1) is 0 Å². The van der Waals surface area contributed by atoms with E-state index in [1.54, 1.807) is 4.42 Å². The van der Waals surface area contributed by atoms with E-state index in [0.29, 0.717) is 0 Å². The lowest BCUT2D eigenvalue weighted by Gasteiger charge is -2.31. The van der Waals surface area contributed by atoms with Gasteiger partial charge in [-0.05, 0) is 20.8 Å². The fourth-order valence-corrected chi connectivity index (χ4v) is 0.994. The van der Waals surface area contributed by atoms with Gasteiger partial charge in [0, 0.05) is 29.7 Å². The Balaban J connectivity index is 2.55. The molecule has 0 aromatic carbocycles. The van der Waals surface area contributed by atoms with Crippen LogP contribution < -0.4 is 0 Å². The molecule has 1 aliphatic rings. The van der Waals surface area contributed by atoms with Gasteiger partial charge in [0.2, 0.25) is 0 Å². The zero-order chi connectivity index (χ0) is 7.78. The third-order valence-corrected chi connectivity index (χ3v) is 1.78. The zero-order valence-electron chi connectivity index (χ0n) is 6.63. The van der Waals surface area contributed by atoms with Gasteiger partial charge in [-0.1, -0.05) is 0 Å². The van der Waals surface area contributed by atoms with Crippen molar-refractivity contribution in [1.29, 1.82) is 0 Å². The third kappa shape index (κ3) is 1.57. The van der Waals surface area contributed by atoms with E-state index >= 15 is 0 Å². The minimum atomic E-state index is 0.181. The van der Waals surface area contributed by atoms with Gasteiger partial charge in [-0.2, -0.15) is 0 Å². The Morgan fingerprint density at radius 3 is 2.10 bits per heavy atom. The van der Waals surface area contributed by atoms with Crippen molar-refractivity contribution in [3.63, 3.8) is 0 Å². The van der Waals surface area contributed by atoms with Gasteiger partial charge in [0.15, 0.2) is 0 Å². The summed E-state index contributed by atoms with van der Waals surface area (Å²) in [6.07, 6.45) is 3.87. The van der Waals surface area contributed by atoms with Gasteiger partial charge < -0.3 is 4.90 Å². The average molecular weight is 161 g/mol. The topological polar surface area (TPSA) is 6.48 Å². The summed E-state index contributed by atoms with van der Waals surface area (Å²) in [6.45, 7) is 7.26. The molecule has 0 aromatic rings. The van der Waals surface area contributed by atoms with Gasteiger partial charge in [0.05, 0.1) is 0 Å². The number of halogens is 1. The zero-order valence-corrected chi connectivity index (χ0v) is 7.39. The maximum Gasteiger partial charge on any atom is 0.105 e. The van der Waals surface area contributed by atoms with Gasteiger partial charge in [0.1, 0.15) is 6.67 Å². The summed E-state index contributed by atoms with van der Waals surface area (Å²) in [6, 6.07) is 0. The summed E-state index contributed by atoms with van der Waals surface area (Å²) in [7, 11) is 0. The third-order valence-electron chi connectivity index (χ3n) is 1.56. The maximum absolute atomic E-state index is 5.72. The van der Waals surface area contributed by atoms with E-state index in [-0.39, 0.29) is 5.54 Å². The fourth-order valence-electron chi connectivity index (χ4n) is 0.828. The molecule has 0 fully saturated rings. The lowest BCUT2D eigenvalue weighted by molar-refractivity contribution is 0.193. The highest BCUT2D eigenvalue weighted by atomic mass is 35.5. The number of hydrogen-bond acceptors (Lipinski definition) is 2. The smallest absolute Gasteiger partial charge is 0.105 e. The van der Waals surface area contributed by atoms with Crippen LogP contribution in [0.3, 0.4) is 0 Å². The molecular weight excluding hydrogens is 148 g/mol. The monoisotopic (exact) mass is 160 g/mol. The highest BCUT2D eigenvalue weighted by Gasteiger charge is 2.22. The van der Waals surface area contributed by atoms with Gasteiger partial charge in [-0.25, -0.2) is 0 Å². The predicted molar refractivity (Wildman–Crippen MR) is 43.3 cm³/mol. The van der Waals surface area contributed by atoms with Crippen LogP contribution >= 0.6 is 11.8 Å². The van der Waals surface area contributed by atoms with E-state index < -0.39 is 0 Å². The van der Waals surface area contributed by atoms with E-state index in [1.165, 1.54) is 0 Å².